The normalized spacial score (nSPS) is 27.9. The number of nitrogens with zero attached hydrogens (tertiary/aromatic N) is 5. The molecule has 7 nitrogen and oxygen atoms in total. The molecule has 1 aliphatic carbocycles. The number of phenols is 1. The van der Waals surface area contributed by atoms with Crippen molar-refractivity contribution in [1.82, 2.24) is 25.1 Å². The van der Waals surface area contributed by atoms with Crippen LogP contribution < -0.4 is 10.2 Å². The Morgan fingerprint density at radius 3 is 2.77 bits per heavy atom. The Kier molecular flexibility index (Phi) is 4.47. The summed E-state index contributed by atoms with van der Waals surface area (Å²) >= 11 is 0. The number of rotatable bonds is 4. The topological polar surface area (TPSA) is 79.1 Å². The van der Waals surface area contributed by atoms with Crippen molar-refractivity contribution in [3.05, 3.63) is 49.1 Å². The number of benzene rings is 1. The van der Waals surface area contributed by atoms with Crippen molar-refractivity contribution in [1.29, 1.82) is 0 Å². The fraction of sp³-hybridized carbons (Fsp3) is 0.409. The Labute approximate surface area is 174 Å². The zero-order chi connectivity index (χ0) is 20.9. The minimum Gasteiger partial charge on any atom is -0.507 e. The summed E-state index contributed by atoms with van der Waals surface area (Å²) in [6.45, 7) is 2.80. The van der Waals surface area contributed by atoms with Crippen LogP contribution in [-0.2, 0) is 0 Å². The first-order chi connectivity index (χ1) is 14.5. The summed E-state index contributed by atoms with van der Waals surface area (Å²) in [4.78, 5) is 5.94. The molecule has 0 spiro atoms. The van der Waals surface area contributed by atoms with Gasteiger partial charge in [-0.25, -0.2) is 9.37 Å². The average Bonchev–Trinajstić information content (AvgIpc) is 3.30. The average molecular weight is 408 g/mol. The largest absolute Gasteiger partial charge is 0.507 e. The van der Waals surface area contributed by atoms with Crippen LogP contribution in [0.5, 0.6) is 5.75 Å². The van der Waals surface area contributed by atoms with E-state index in [1.807, 2.05) is 53.9 Å². The molecule has 8 heteroatoms. The van der Waals surface area contributed by atoms with E-state index < -0.39 is 11.7 Å². The summed E-state index contributed by atoms with van der Waals surface area (Å²) in [5, 5.41) is 22.5. The summed E-state index contributed by atoms with van der Waals surface area (Å²) < 4.78 is 17.0. The molecule has 3 fully saturated rings. The number of nitrogens with one attached hydrogen (secondary N) is 1. The summed E-state index contributed by atoms with van der Waals surface area (Å²) in [6, 6.07) is 8.81. The number of aromatic hydroxyl groups is 1. The van der Waals surface area contributed by atoms with Crippen LogP contribution in [0.3, 0.4) is 0 Å². The molecule has 1 saturated carbocycles. The van der Waals surface area contributed by atoms with E-state index in [4.69, 9.17) is 0 Å². The van der Waals surface area contributed by atoms with Crippen molar-refractivity contribution in [3.8, 4) is 22.7 Å². The summed E-state index contributed by atoms with van der Waals surface area (Å²) in [6.07, 6.45) is 6.08. The summed E-state index contributed by atoms with van der Waals surface area (Å²) in [7, 11) is 1.89. The van der Waals surface area contributed by atoms with E-state index in [2.05, 4.69) is 20.5 Å². The lowest BCUT2D eigenvalue weighted by atomic mass is 9.68. The Balaban J connectivity index is 1.38. The minimum atomic E-state index is -0.962. The molecule has 2 aromatic heterocycles. The second kappa shape index (κ2) is 7.05. The van der Waals surface area contributed by atoms with Crippen molar-refractivity contribution < 1.29 is 9.50 Å². The molecule has 1 unspecified atom stereocenters. The Morgan fingerprint density at radius 2 is 2.13 bits per heavy atom. The van der Waals surface area contributed by atoms with Crippen molar-refractivity contribution in [2.24, 2.45) is 5.92 Å². The number of imidazole rings is 1. The van der Waals surface area contributed by atoms with Gasteiger partial charge in [0.15, 0.2) is 5.82 Å². The van der Waals surface area contributed by atoms with Crippen LogP contribution in [0.2, 0.25) is 0 Å². The predicted octanol–water partition coefficient (Wildman–Crippen LogP) is 2.95. The summed E-state index contributed by atoms with van der Waals surface area (Å²) in [5.74, 6) is 1.01. The Morgan fingerprint density at radius 1 is 1.27 bits per heavy atom. The van der Waals surface area contributed by atoms with Crippen molar-refractivity contribution in [2.75, 3.05) is 18.5 Å². The molecule has 3 aromatic rings. The number of piperidine rings is 2. The highest BCUT2D eigenvalue weighted by molar-refractivity contribution is 5.69. The molecule has 1 aromatic carbocycles. The van der Waals surface area contributed by atoms with E-state index >= 15 is 4.39 Å². The molecule has 156 valence electrons. The standard InChI is InChI=1S/C22H25FN6O/c1-22-8-7-14(12-25-22)20(21(22)23)28(2)19-6-5-17(26-27-19)16-4-3-15(11-18(16)30)29-10-9-24-13-29/h3-6,9-11,13-14,20-21,25,30H,7-8,12H2,1-2H3/t14?,20-,21-,22-/m1/s1. The van der Waals surface area contributed by atoms with Gasteiger partial charge in [-0.15, -0.1) is 10.2 Å². The highest BCUT2D eigenvalue weighted by Gasteiger charge is 2.53. The predicted molar refractivity (Wildman–Crippen MR) is 112 cm³/mol. The van der Waals surface area contributed by atoms with Gasteiger partial charge in [0.2, 0.25) is 0 Å². The molecule has 0 radical (unpaired) electrons. The summed E-state index contributed by atoms with van der Waals surface area (Å²) in [5.41, 5.74) is 1.50. The van der Waals surface area contributed by atoms with Gasteiger partial charge >= 0.3 is 0 Å². The third kappa shape index (κ3) is 3.02. The lowest BCUT2D eigenvalue weighted by molar-refractivity contribution is 0.0102. The molecular weight excluding hydrogens is 383 g/mol. The van der Waals surface area contributed by atoms with E-state index in [9.17, 15) is 5.11 Å². The number of aromatic nitrogens is 4. The van der Waals surface area contributed by atoms with Crippen molar-refractivity contribution in [3.63, 3.8) is 0 Å². The molecule has 3 aliphatic rings. The van der Waals surface area contributed by atoms with Crippen molar-refractivity contribution >= 4 is 5.82 Å². The lowest BCUT2D eigenvalue weighted by Crippen LogP contribution is -2.70. The molecule has 6 rings (SSSR count). The first-order valence-corrected chi connectivity index (χ1v) is 10.2. The zero-order valence-electron chi connectivity index (χ0n) is 17.0. The van der Waals surface area contributed by atoms with Gasteiger partial charge in [0.05, 0.1) is 23.8 Å². The molecule has 4 heterocycles. The number of phenolic OH excluding ortho intramolecular Hbond substituents is 1. The number of alkyl halides is 1. The Bertz CT molecular complexity index is 1030. The van der Waals surface area contributed by atoms with Gasteiger partial charge in [-0.2, -0.15) is 0 Å². The first-order valence-electron chi connectivity index (χ1n) is 10.2. The van der Waals surface area contributed by atoms with Crippen molar-refractivity contribution in [2.45, 2.75) is 37.5 Å². The van der Waals surface area contributed by atoms with E-state index in [0.717, 1.165) is 25.1 Å². The smallest absolute Gasteiger partial charge is 0.151 e. The van der Waals surface area contributed by atoms with Crippen LogP contribution in [0.25, 0.3) is 16.9 Å². The fourth-order valence-corrected chi connectivity index (χ4v) is 4.81. The van der Waals surface area contributed by atoms with Gasteiger partial charge in [-0.3, -0.25) is 0 Å². The lowest BCUT2D eigenvalue weighted by Gasteiger charge is -2.54. The molecule has 4 atom stereocenters. The maximum absolute atomic E-state index is 15.2. The monoisotopic (exact) mass is 408 g/mol. The fourth-order valence-electron chi connectivity index (χ4n) is 4.81. The highest BCUT2D eigenvalue weighted by atomic mass is 19.1. The van der Waals surface area contributed by atoms with Crippen LogP contribution in [-0.4, -0.2) is 56.2 Å². The second-order valence-corrected chi connectivity index (χ2v) is 8.55. The van der Waals surface area contributed by atoms with Gasteiger partial charge in [-0.05, 0) is 49.9 Å². The molecule has 2 aliphatic heterocycles. The minimum absolute atomic E-state index is 0.115. The van der Waals surface area contributed by atoms with Gasteiger partial charge in [0.1, 0.15) is 11.9 Å². The van der Waals surface area contributed by atoms with Crippen LogP contribution in [0.1, 0.15) is 19.8 Å². The van der Waals surface area contributed by atoms with E-state index in [1.54, 1.807) is 18.6 Å². The molecular formula is C22H25FN6O. The number of hydrogen-bond acceptors (Lipinski definition) is 6. The number of hydrogen-bond donors (Lipinski definition) is 2. The van der Waals surface area contributed by atoms with Crippen LogP contribution >= 0.6 is 0 Å². The first kappa shape index (κ1) is 19.0. The molecule has 2 saturated heterocycles. The number of fused-ring (bicyclic) bond motifs is 3. The van der Waals surface area contributed by atoms with Gasteiger partial charge in [0.25, 0.3) is 0 Å². The second-order valence-electron chi connectivity index (χ2n) is 8.55. The van der Waals surface area contributed by atoms with Gasteiger partial charge < -0.3 is 19.9 Å². The molecule has 2 N–H and O–H groups in total. The van der Waals surface area contributed by atoms with Gasteiger partial charge in [0, 0.05) is 43.2 Å². The quantitative estimate of drug-likeness (QED) is 0.691. The third-order valence-corrected chi connectivity index (χ3v) is 6.71. The molecule has 30 heavy (non-hydrogen) atoms. The number of anilines is 1. The van der Waals surface area contributed by atoms with E-state index in [1.165, 1.54) is 0 Å². The van der Waals surface area contributed by atoms with E-state index in [-0.39, 0.29) is 17.7 Å². The Hall–Kier alpha value is -3.00. The molecule has 2 bridgehead atoms. The third-order valence-electron chi connectivity index (χ3n) is 6.71. The zero-order valence-corrected chi connectivity index (χ0v) is 17.0. The van der Waals surface area contributed by atoms with Crippen LogP contribution in [0.4, 0.5) is 10.2 Å². The van der Waals surface area contributed by atoms with Crippen LogP contribution in [0, 0.1) is 5.92 Å². The highest BCUT2D eigenvalue weighted by Crippen LogP contribution is 2.42. The SMILES string of the molecule is CN(c1ccc(-c2ccc(-n3ccnc3)cc2O)nn1)[C@@H]1C2CC[C@@](C)(NC2)[C@@H]1F. The number of halogens is 1. The maximum Gasteiger partial charge on any atom is 0.151 e. The molecule has 0 amide bonds. The van der Waals surface area contributed by atoms with E-state index in [0.29, 0.717) is 17.1 Å². The van der Waals surface area contributed by atoms with Gasteiger partial charge in [-0.1, -0.05) is 0 Å². The van der Waals surface area contributed by atoms with Crippen LogP contribution in [0.15, 0.2) is 49.1 Å². The maximum atomic E-state index is 15.2.